The molecule has 0 spiro atoms. The Morgan fingerprint density at radius 1 is 1.13 bits per heavy atom. The summed E-state index contributed by atoms with van der Waals surface area (Å²) >= 11 is 1.86. The van der Waals surface area contributed by atoms with E-state index < -0.39 is 11.4 Å². The topological polar surface area (TPSA) is 92.8 Å². The van der Waals surface area contributed by atoms with Gasteiger partial charge in [-0.25, -0.2) is 0 Å². The second-order valence-corrected chi connectivity index (χ2v) is 15.6. The molecule has 8 nitrogen and oxygen atoms in total. The maximum atomic E-state index is 9.77. The van der Waals surface area contributed by atoms with Gasteiger partial charge in [-0.05, 0) is 87.8 Å². The van der Waals surface area contributed by atoms with Gasteiger partial charge >= 0.3 is 0 Å². The zero-order chi connectivity index (χ0) is 32.7. The maximum absolute atomic E-state index is 9.77. The molecule has 2 aliphatic heterocycles. The van der Waals surface area contributed by atoms with Crippen LogP contribution >= 0.6 is 11.8 Å². The third-order valence-corrected chi connectivity index (χ3v) is 10.9. The summed E-state index contributed by atoms with van der Waals surface area (Å²) in [5.41, 5.74) is 2.89. The van der Waals surface area contributed by atoms with E-state index >= 15 is 0 Å². The molecule has 5 rings (SSSR count). The average Bonchev–Trinajstić information content (AvgIpc) is 3.86. The van der Waals surface area contributed by atoms with Crippen molar-refractivity contribution in [2.45, 2.75) is 95.2 Å². The fourth-order valence-electron chi connectivity index (χ4n) is 7.55. The van der Waals surface area contributed by atoms with Crippen LogP contribution in [0.15, 0.2) is 47.7 Å². The third kappa shape index (κ3) is 8.15. The zero-order valence-electron chi connectivity index (χ0n) is 28.4. The van der Waals surface area contributed by atoms with Gasteiger partial charge in [-0.2, -0.15) is 11.8 Å². The number of aliphatic hydroxyl groups excluding tert-OH is 2. The van der Waals surface area contributed by atoms with Crippen molar-refractivity contribution in [1.82, 2.24) is 4.90 Å². The number of fused-ring (bicyclic) bond motifs is 2. The van der Waals surface area contributed by atoms with Gasteiger partial charge in [0.25, 0.3) is 0 Å². The molecule has 1 saturated carbocycles. The molecule has 2 aliphatic carbocycles. The van der Waals surface area contributed by atoms with E-state index in [4.69, 9.17) is 24.2 Å². The smallest absolute Gasteiger partial charge is 0.230 e. The molecule has 1 aromatic carbocycles. The van der Waals surface area contributed by atoms with Crippen molar-refractivity contribution in [3.63, 3.8) is 0 Å². The van der Waals surface area contributed by atoms with E-state index in [0.29, 0.717) is 19.6 Å². The van der Waals surface area contributed by atoms with E-state index in [1.165, 1.54) is 0 Å². The Kier molecular flexibility index (Phi) is 12.2. The Bertz CT molecular complexity index is 1230. The maximum Gasteiger partial charge on any atom is 0.230 e. The molecule has 0 amide bonds. The van der Waals surface area contributed by atoms with Crippen LogP contribution in [0.5, 0.6) is 11.5 Å². The molecule has 0 aromatic heterocycles. The standard InChI is InChI=1S/C37H56N2O6S/c1-6-21-43-37-33(46-7-2)25-31(38-45-36(3,4)5)29-23-26(12-8-10-19-40)28(13-9-11-20-41)34(35(29)37)30-24-27(14-15-32(30)44-37)42-22-18-39-16-17-39/h6,14-15,23-24,26,28,33-35,40-41H,1,7-13,16-22,25H2,2-5H3/t26-,28+,33-,34+,35+,37+/m0/s1. The fourth-order valence-corrected chi connectivity index (χ4v) is 8.72. The minimum absolute atomic E-state index is 0.00915. The van der Waals surface area contributed by atoms with Crippen LogP contribution in [0.25, 0.3) is 0 Å². The lowest BCUT2D eigenvalue weighted by Gasteiger charge is -2.58. The molecule has 46 heavy (non-hydrogen) atoms. The summed E-state index contributed by atoms with van der Waals surface area (Å²) < 4.78 is 20.4. The molecule has 0 bridgehead atoms. The van der Waals surface area contributed by atoms with Gasteiger partial charge in [0.1, 0.15) is 23.7 Å². The summed E-state index contributed by atoms with van der Waals surface area (Å²) in [6.07, 6.45) is 10.3. The van der Waals surface area contributed by atoms with Crippen molar-refractivity contribution >= 4 is 17.5 Å². The molecule has 256 valence electrons. The van der Waals surface area contributed by atoms with Crippen molar-refractivity contribution in [2.75, 3.05) is 51.8 Å². The van der Waals surface area contributed by atoms with Crippen LogP contribution in [0.4, 0.5) is 0 Å². The van der Waals surface area contributed by atoms with Gasteiger partial charge < -0.3 is 29.3 Å². The normalized spacial score (nSPS) is 29.4. The van der Waals surface area contributed by atoms with E-state index in [0.717, 1.165) is 92.3 Å². The number of aliphatic hydroxyl groups is 2. The van der Waals surface area contributed by atoms with Crippen molar-refractivity contribution in [1.29, 1.82) is 0 Å². The molecule has 0 radical (unpaired) electrons. The van der Waals surface area contributed by atoms with Gasteiger partial charge in [0.2, 0.25) is 5.79 Å². The van der Waals surface area contributed by atoms with Gasteiger partial charge in [-0.3, -0.25) is 4.90 Å². The van der Waals surface area contributed by atoms with E-state index in [9.17, 15) is 10.2 Å². The quantitative estimate of drug-likeness (QED) is 0.0794. The lowest BCUT2D eigenvalue weighted by atomic mass is 9.56. The lowest BCUT2D eigenvalue weighted by molar-refractivity contribution is -0.223. The van der Waals surface area contributed by atoms with E-state index in [2.05, 4.69) is 36.6 Å². The van der Waals surface area contributed by atoms with Crippen molar-refractivity contribution in [3.05, 3.63) is 48.1 Å². The summed E-state index contributed by atoms with van der Waals surface area (Å²) in [4.78, 5) is 8.50. The first-order chi connectivity index (χ1) is 22.2. The highest BCUT2D eigenvalue weighted by Gasteiger charge is 2.63. The summed E-state index contributed by atoms with van der Waals surface area (Å²) in [7, 11) is 0. The molecular weight excluding hydrogens is 600 g/mol. The van der Waals surface area contributed by atoms with Crippen LogP contribution in [0.3, 0.4) is 0 Å². The number of rotatable bonds is 18. The Hall–Kier alpha value is -2.04. The Morgan fingerprint density at radius 2 is 1.89 bits per heavy atom. The van der Waals surface area contributed by atoms with Crippen LogP contribution in [-0.2, 0) is 9.57 Å². The first kappa shape index (κ1) is 35.3. The SMILES string of the molecule is C=CCO[C@@]12Oc3ccc(OCCN4CC4)cc3[C@H]3[C@H](CCCCO)[C@@H](CCCCO)C=C(C(=NOC(C)(C)C)C[C@@H]1SCC)[C@H]32. The summed E-state index contributed by atoms with van der Waals surface area (Å²) in [6, 6.07) is 6.34. The second-order valence-electron chi connectivity index (χ2n) is 14.1. The number of nitrogens with zero attached hydrogens (tertiary/aromatic N) is 2. The van der Waals surface area contributed by atoms with Crippen LogP contribution in [0.2, 0.25) is 0 Å². The van der Waals surface area contributed by atoms with Crippen LogP contribution in [0.1, 0.15) is 84.1 Å². The highest BCUT2D eigenvalue weighted by atomic mass is 32.2. The van der Waals surface area contributed by atoms with Gasteiger partial charge in [-0.15, -0.1) is 6.58 Å². The van der Waals surface area contributed by atoms with Crippen molar-refractivity contribution < 1.29 is 29.3 Å². The monoisotopic (exact) mass is 656 g/mol. The molecule has 2 fully saturated rings. The molecule has 0 unspecified atom stereocenters. The molecule has 1 saturated heterocycles. The minimum Gasteiger partial charge on any atom is -0.492 e. The number of thioether (sulfide) groups is 1. The van der Waals surface area contributed by atoms with Gasteiger partial charge in [0, 0.05) is 50.8 Å². The van der Waals surface area contributed by atoms with Crippen molar-refractivity contribution in [2.24, 2.45) is 22.9 Å². The zero-order valence-corrected chi connectivity index (χ0v) is 29.2. The van der Waals surface area contributed by atoms with Crippen LogP contribution in [-0.4, -0.2) is 89.3 Å². The van der Waals surface area contributed by atoms with E-state index in [1.807, 2.05) is 44.7 Å². The lowest BCUT2D eigenvalue weighted by Crippen LogP contribution is -2.64. The fraction of sp³-hybridized carbons (Fsp3) is 0.703. The minimum atomic E-state index is -0.911. The Morgan fingerprint density at radius 3 is 2.57 bits per heavy atom. The number of ether oxygens (including phenoxy) is 3. The van der Waals surface area contributed by atoms with Crippen LogP contribution < -0.4 is 9.47 Å². The summed E-state index contributed by atoms with van der Waals surface area (Å²) in [6.45, 7) is 16.9. The molecule has 1 aromatic rings. The number of hydrogen-bond donors (Lipinski definition) is 2. The molecule has 9 heteroatoms. The number of allylic oxidation sites excluding steroid dienone is 1. The highest BCUT2D eigenvalue weighted by molar-refractivity contribution is 8.00. The number of benzene rings is 1. The first-order valence-electron chi connectivity index (χ1n) is 17.5. The third-order valence-electron chi connectivity index (χ3n) is 9.63. The molecule has 6 atom stereocenters. The highest BCUT2D eigenvalue weighted by Crippen LogP contribution is 2.62. The van der Waals surface area contributed by atoms with E-state index in [-0.39, 0.29) is 42.1 Å². The van der Waals surface area contributed by atoms with Gasteiger partial charge in [0.15, 0.2) is 0 Å². The average molecular weight is 657 g/mol. The number of hydrogen-bond acceptors (Lipinski definition) is 9. The van der Waals surface area contributed by atoms with Gasteiger partial charge in [-0.1, -0.05) is 37.1 Å². The molecule has 4 aliphatic rings. The number of oxime groups is 1. The molecular formula is C37H56N2O6S. The summed E-state index contributed by atoms with van der Waals surface area (Å²) in [5.74, 6) is 2.26. The molecule has 2 heterocycles. The van der Waals surface area contributed by atoms with Crippen LogP contribution in [0, 0.1) is 17.8 Å². The van der Waals surface area contributed by atoms with E-state index in [1.54, 1.807) is 0 Å². The summed E-state index contributed by atoms with van der Waals surface area (Å²) in [5, 5.41) is 24.3. The molecule has 2 N–H and O–H groups in total. The number of unbranched alkanes of at least 4 members (excludes halogenated alkanes) is 2. The van der Waals surface area contributed by atoms with Crippen molar-refractivity contribution in [3.8, 4) is 11.5 Å². The Labute approximate surface area is 280 Å². The largest absolute Gasteiger partial charge is 0.492 e. The van der Waals surface area contributed by atoms with Gasteiger partial charge in [0.05, 0.1) is 23.5 Å². The predicted octanol–water partition coefficient (Wildman–Crippen LogP) is 6.57. The second kappa shape index (κ2) is 15.9. The Balaban J connectivity index is 1.67. The predicted molar refractivity (Wildman–Crippen MR) is 186 cm³/mol. The first-order valence-corrected chi connectivity index (χ1v) is 18.5.